The van der Waals surface area contributed by atoms with Gasteiger partial charge in [-0.1, -0.05) is 19.3 Å². The van der Waals surface area contributed by atoms with Gasteiger partial charge in [0.15, 0.2) is 0 Å². The summed E-state index contributed by atoms with van der Waals surface area (Å²) in [6.45, 7) is 5.21. The average Bonchev–Trinajstić information content (AvgIpc) is 3.26. The Labute approximate surface area is 118 Å². The van der Waals surface area contributed by atoms with E-state index in [1.165, 1.54) is 44.9 Å². The molecule has 112 valence electrons. The van der Waals surface area contributed by atoms with Gasteiger partial charge in [0.2, 0.25) is 0 Å². The monoisotopic (exact) mass is 268 g/mol. The van der Waals surface area contributed by atoms with Crippen LogP contribution in [0.1, 0.15) is 51.9 Å². The molecule has 2 saturated carbocycles. The summed E-state index contributed by atoms with van der Waals surface area (Å²) in [5.74, 6) is 1.62. The quantitative estimate of drug-likeness (QED) is 0.721. The Morgan fingerprint density at radius 2 is 1.89 bits per heavy atom. The first-order valence-electron chi connectivity index (χ1n) is 8.22. The Kier molecular flexibility index (Phi) is 6.11. The van der Waals surface area contributed by atoms with Crippen LogP contribution in [0.2, 0.25) is 0 Å². The number of methoxy groups -OCH3 is 1. The molecule has 0 amide bonds. The summed E-state index contributed by atoms with van der Waals surface area (Å²) in [4.78, 5) is 2.74. The fraction of sp³-hybridized carbons (Fsp3) is 1.00. The number of ether oxygens (including phenoxy) is 1. The minimum absolute atomic E-state index is 0.693. The van der Waals surface area contributed by atoms with E-state index in [1.54, 1.807) is 0 Å². The van der Waals surface area contributed by atoms with Crippen molar-refractivity contribution in [1.82, 2.24) is 4.90 Å². The van der Waals surface area contributed by atoms with E-state index in [9.17, 15) is 0 Å². The normalized spacial score (nSPS) is 30.3. The maximum atomic E-state index is 6.06. The third-order valence-corrected chi connectivity index (χ3v) is 5.23. The van der Waals surface area contributed by atoms with Crippen molar-refractivity contribution in [2.45, 2.75) is 64.0 Å². The van der Waals surface area contributed by atoms with Gasteiger partial charge in [0, 0.05) is 25.7 Å². The first-order chi connectivity index (χ1) is 9.27. The molecule has 19 heavy (non-hydrogen) atoms. The van der Waals surface area contributed by atoms with E-state index in [0.717, 1.165) is 25.6 Å². The lowest BCUT2D eigenvalue weighted by atomic mass is 9.91. The van der Waals surface area contributed by atoms with Crippen molar-refractivity contribution in [3.05, 3.63) is 0 Å². The fourth-order valence-electron chi connectivity index (χ4n) is 3.79. The number of rotatable bonds is 7. The minimum Gasteiger partial charge on any atom is -0.383 e. The Bertz CT molecular complexity index is 255. The van der Waals surface area contributed by atoms with Crippen LogP contribution < -0.4 is 5.73 Å². The van der Waals surface area contributed by atoms with E-state index in [0.29, 0.717) is 18.0 Å². The molecule has 0 aromatic heterocycles. The highest BCUT2D eigenvalue weighted by Crippen LogP contribution is 2.38. The molecule has 3 atom stereocenters. The van der Waals surface area contributed by atoms with Gasteiger partial charge < -0.3 is 10.5 Å². The predicted molar refractivity (Wildman–Crippen MR) is 80.2 cm³/mol. The Morgan fingerprint density at radius 3 is 2.53 bits per heavy atom. The van der Waals surface area contributed by atoms with E-state index >= 15 is 0 Å². The largest absolute Gasteiger partial charge is 0.383 e. The number of nitrogens with zero attached hydrogens (tertiary/aromatic N) is 1. The highest BCUT2D eigenvalue weighted by atomic mass is 16.5. The van der Waals surface area contributed by atoms with E-state index < -0.39 is 0 Å². The summed E-state index contributed by atoms with van der Waals surface area (Å²) in [5, 5.41) is 0. The molecule has 2 rings (SSSR count). The Balaban J connectivity index is 2.03. The van der Waals surface area contributed by atoms with Crippen molar-refractivity contribution in [2.75, 3.05) is 26.8 Å². The second-order valence-electron chi connectivity index (χ2n) is 6.51. The summed E-state index contributed by atoms with van der Waals surface area (Å²) in [7, 11) is 1.81. The lowest BCUT2D eigenvalue weighted by molar-refractivity contribution is 0.0528. The van der Waals surface area contributed by atoms with E-state index in [4.69, 9.17) is 10.5 Å². The van der Waals surface area contributed by atoms with Gasteiger partial charge in [-0.3, -0.25) is 4.90 Å². The van der Waals surface area contributed by atoms with Crippen LogP contribution in [0.15, 0.2) is 0 Å². The second-order valence-corrected chi connectivity index (χ2v) is 6.51. The third kappa shape index (κ3) is 4.17. The standard InChI is InChI=1S/C16H32N2O/c1-13(14-8-9-14)18(10-11-19-2)16-7-5-3-4-6-15(16)12-17/h13-16H,3-12,17H2,1-2H3. The average molecular weight is 268 g/mol. The van der Waals surface area contributed by atoms with Gasteiger partial charge in [-0.15, -0.1) is 0 Å². The predicted octanol–water partition coefficient (Wildman–Crippen LogP) is 2.64. The molecule has 0 bridgehead atoms. The number of hydrogen-bond acceptors (Lipinski definition) is 3. The van der Waals surface area contributed by atoms with Crippen molar-refractivity contribution in [3.63, 3.8) is 0 Å². The van der Waals surface area contributed by atoms with Gasteiger partial charge in [0.25, 0.3) is 0 Å². The molecule has 2 aliphatic carbocycles. The molecule has 2 aliphatic rings. The molecule has 0 aliphatic heterocycles. The van der Waals surface area contributed by atoms with Gasteiger partial charge in [0.05, 0.1) is 6.61 Å². The maximum Gasteiger partial charge on any atom is 0.0589 e. The fourth-order valence-corrected chi connectivity index (χ4v) is 3.79. The summed E-state index contributed by atoms with van der Waals surface area (Å²) in [6.07, 6.45) is 9.64. The molecule has 2 N–H and O–H groups in total. The first kappa shape index (κ1) is 15.3. The van der Waals surface area contributed by atoms with Crippen LogP contribution in [0.5, 0.6) is 0 Å². The van der Waals surface area contributed by atoms with Crippen molar-refractivity contribution < 1.29 is 4.74 Å². The molecule has 0 spiro atoms. The molecule has 0 radical (unpaired) electrons. The van der Waals surface area contributed by atoms with Crippen LogP contribution >= 0.6 is 0 Å². The van der Waals surface area contributed by atoms with Crippen LogP contribution in [0.25, 0.3) is 0 Å². The zero-order valence-corrected chi connectivity index (χ0v) is 12.8. The van der Waals surface area contributed by atoms with E-state index in [-0.39, 0.29) is 0 Å². The topological polar surface area (TPSA) is 38.5 Å². The molecule has 0 heterocycles. The summed E-state index contributed by atoms with van der Waals surface area (Å²) < 4.78 is 5.34. The third-order valence-electron chi connectivity index (χ3n) is 5.23. The van der Waals surface area contributed by atoms with Crippen molar-refractivity contribution in [3.8, 4) is 0 Å². The molecule has 3 unspecified atom stereocenters. The SMILES string of the molecule is COCCN(C(C)C1CC1)C1CCCCCC1CN. The molecule has 3 heteroatoms. The molecule has 0 aromatic carbocycles. The zero-order valence-electron chi connectivity index (χ0n) is 12.8. The molecule has 3 nitrogen and oxygen atoms in total. The van der Waals surface area contributed by atoms with Crippen LogP contribution in [0.4, 0.5) is 0 Å². The summed E-state index contributed by atoms with van der Waals surface area (Å²) in [6, 6.07) is 1.41. The van der Waals surface area contributed by atoms with Gasteiger partial charge in [-0.25, -0.2) is 0 Å². The van der Waals surface area contributed by atoms with Crippen LogP contribution in [-0.2, 0) is 4.74 Å². The molecular weight excluding hydrogens is 236 g/mol. The zero-order chi connectivity index (χ0) is 13.7. The Hall–Kier alpha value is -0.120. The lowest BCUT2D eigenvalue weighted by Crippen LogP contribution is -2.49. The van der Waals surface area contributed by atoms with E-state index in [1.807, 2.05) is 7.11 Å². The summed E-state index contributed by atoms with van der Waals surface area (Å²) >= 11 is 0. The Morgan fingerprint density at radius 1 is 1.16 bits per heavy atom. The van der Waals surface area contributed by atoms with Crippen molar-refractivity contribution in [2.24, 2.45) is 17.6 Å². The number of hydrogen-bond donors (Lipinski definition) is 1. The highest BCUT2D eigenvalue weighted by Gasteiger charge is 2.37. The number of nitrogens with two attached hydrogens (primary N) is 1. The maximum absolute atomic E-state index is 6.06. The molecule has 2 fully saturated rings. The molecule has 0 saturated heterocycles. The minimum atomic E-state index is 0.693. The molecule has 0 aromatic rings. The summed E-state index contributed by atoms with van der Waals surface area (Å²) in [5.41, 5.74) is 6.06. The molecular formula is C16H32N2O. The van der Waals surface area contributed by atoms with Gasteiger partial charge >= 0.3 is 0 Å². The van der Waals surface area contributed by atoms with Crippen molar-refractivity contribution in [1.29, 1.82) is 0 Å². The second kappa shape index (κ2) is 7.61. The van der Waals surface area contributed by atoms with Gasteiger partial charge in [-0.05, 0) is 51.0 Å². The lowest BCUT2D eigenvalue weighted by Gasteiger charge is -2.40. The van der Waals surface area contributed by atoms with Crippen LogP contribution in [0.3, 0.4) is 0 Å². The highest BCUT2D eigenvalue weighted by molar-refractivity contribution is 4.91. The van der Waals surface area contributed by atoms with Crippen LogP contribution in [-0.4, -0.2) is 43.8 Å². The first-order valence-corrected chi connectivity index (χ1v) is 8.22. The van der Waals surface area contributed by atoms with Gasteiger partial charge in [-0.2, -0.15) is 0 Å². The van der Waals surface area contributed by atoms with Gasteiger partial charge in [0.1, 0.15) is 0 Å². The van der Waals surface area contributed by atoms with E-state index in [2.05, 4.69) is 11.8 Å². The smallest absolute Gasteiger partial charge is 0.0589 e. The van der Waals surface area contributed by atoms with Crippen molar-refractivity contribution >= 4 is 0 Å². The van der Waals surface area contributed by atoms with Crippen LogP contribution in [0, 0.1) is 11.8 Å².